The molecule has 1 saturated heterocycles. The van der Waals surface area contributed by atoms with E-state index in [2.05, 4.69) is 20.4 Å². The van der Waals surface area contributed by atoms with Gasteiger partial charge in [0.15, 0.2) is 0 Å². The van der Waals surface area contributed by atoms with Crippen LogP contribution in [0.3, 0.4) is 0 Å². The molecule has 0 saturated carbocycles. The third kappa shape index (κ3) is 5.81. The lowest BCUT2D eigenvalue weighted by Gasteiger charge is -2.21. The van der Waals surface area contributed by atoms with Crippen molar-refractivity contribution in [3.05, 3.63) is 106 Å². The quantitative estimate of drug-likeness (QED) is 0.192. The van der Waals surface area contributed by atoms with E-state index in [1.807, 2.05) is 30.3 Å². The van der Waals surface area contributed by atoms with Gasteiger partial charge in [-0.05, 0) is 62.2 Å². The zero-order valence-corrected chi connectivity index (χ0v) is 21.0. The van der Waals surface area contributed by atoms with Crippen LogP contribution < -0.4 is 11.1 Å². The highest BCUT2D eigenvalue weighted by molar-refractivity contribution is 5.95. The zero-order chi connectivity index (χ0) is 26.3. The van der Waals surface area contributed by atoms with Crippen LogP contribution in [0.4, 0.5) is 0 Å². The summed E-state index contributed by atoms with van der Waals surface area (Å²) < 4.78 is 5.62. The molecule has 1 fully saturated rings. The molecule has 3 heterocycles. The molecule has 0 aliphatic carbocycles. The van der Waals surface area contributed by atoms with Crippen molar-refractivity contribution in [2.45, 2.75) is 31.6 Å². The van der Waals surface area contributed by atoms with Crippen molar-refractivity contribution in [1.82, 2.24) is 15.3 Å². The number of hydrogen-bond donors (Lipinski definition) is 2. The molecular formula is C30H30N4O4. The largest absolute Gasteiger partial charge is 0.507 e. The van der Waals surface area contributed by atoms with Crippen LogP contribution in [0.1, 0.15) is 53.1 Å². The maximum absolute atomic E-state index is 13.2. The molecule has 194 valence electrons. The smallest absolute Gasteiger partial charge is 0.343 e. The van der Waals surface area contributed by atoms with Gasteiger partial charge in [-0.25, -0.2) is 10.2 Å². The maximum atomic E-state index is 13.2. The Morgan fingerprint density at radius 3 is 2.50 bits per heavy atom. The SMILES string of the molecule is O=C(N/N=C(\CCN1CCCC1)CC(c1ccccc1)c1c(O)c2ccccc2oc1=O)c1ccncc1. The van der Waals surface area contributed by atoms with Gasteiger partial charge >= 0.3 is 5.63 Å². The lowest BCUT2D eigenvalue weighted by Crippen LogP contribution is -2.26. The van der Waals surface area contributed by atoms with Crippen molar-refractivity contribution >= 4 is 22.6 Å². The number of rotatable bonds is 9. The van der Waals surface area contributed by atoms with Gasteiger partial charge in [-0.15, -0.1) is 0 Å². The monoisotopic (exact) mass is 510 g/mol. The van der Waals surface area contributed by atoms with Crippen molar-refractivity contribution in [2.75, 3.05) is 19.6 Å². The molecule has 1 amide bonds. The molecule has 1 atom stereocenters. The molecular weight excluding hydrogens is 480 g/mol. The highest BCUT2D eigenvalue weighted by Crippen LogP contribution is 2.36. The number of nitrogens with zero attached hydrogens (tertiary/aromatic N) is 3. The number of carbonyl (C=O) groups excluding carboxylic acids is 1. The first-order chi connectivity index (χ1) is 18.6. The topological polar surface area (TPSA) is 108 Å². The number of pyridine rings is 1. The van der Waals surface area contributed by atoms with E-state index in [-0.39, 0.29) is 17.2 Å². The van der Waals surface area contributed by atoms with Gasteiger partial charge in [0.2, 0.25) is 0 Å². The van der Waals surface area contributed by atoms with Crippen LogP contribution in [0.15, 0.2) is 93.4 Å². The van der Waals surface area contributed by atoms with Gasteiger partial charge in [0, 0.05) is 42.6 Å². The Hall–Kier alpha value is -4.30. The second-order valence-electron chi connectivity index (χ2n) is 9.47. The number of fused-ring (bicyclic) bond motifs is 1. The Morgan fingerprint density at radius 1 is 1.03 bits per heavy atom. The third-order valence-electron chi connectivity index (χ3n) is 6.98. The lowest BCUT2D eigenvalue weighted by molar-refractivity contribution is 0.0954. The zero-order valence-electron chi connectivity index (χ0n) is 21.0. The van der Waals surface area contributed by atoms with Gasteiger partial charge in [0.1, 0.15) is 11.3 Å². The van der Waals surface area contributed by atoms with Crippen LogP contribution in [0.25, 0.3) is 11.0 Å². The van der Waals surface area contributed by atoms with E-state index in [0.29, 0.717) is 29.4 Å². The van der Waals surface area contributed by atoms with E-state index in [1.54, 1.807) is 48.8 Å². The van der Waals surface area contributed by atoms with Crippen molar-refractivity contribution in [3.63, 3.8) is 0 Å². The average Bonchev–Trinajstić information content (AvgIpc) is 3.48. The summed E-state index contributed by atoms with van der Waals surface area (Å²) >= 11 is 0. The number of nitrogens with one attached hydrogen (secondary N) is 1. The summed E-state index contributed by atoms with van der Waals surface area (Å²) in [5.41, 5.74) is 4.63. The van der Waals surface area contributed by atoms with Crippen molar-refractivity contribution in [3.8, 4) is 5.75 Å². The molecule has 8 nitrogen and oxygen atoms in total. The summed E-state index contributed by atoms with van der Waals surface area (Å²) in [6.07, 6.45) is 6.39. The molecule has 2 N–H and O–H groups in total. The summed E-state index contributed by atoms with van der Waals surface area (Å²) in [5, 5.41) is 16.3. The van der Waals surface area contributed by atoms with Gasteiger partial charge in [0.25, 0.3) is 5.91 Å². The molecule has 2 aromatic heterocycles. The number of hydrogen-bond acceptors (Lipinski definition) is 7. The van der Waals surface area contributed by atoms with E-state index in [1.165, 1.54) is 12.8 Å². The number of para-hydroxylation sites is 1. The maximum Gasteiger partial charge on any atom is 0.343 e. The van der Waals surface area contributed by atoms with Crippen molar-refractivity contribution in [1.29, 1.82) is 0 Å². The van der Waals surface area contributed by atoms with E-state index in [0.717, 1.165) is 30.9 Å². The standard InChI is InChI=1S/C30H30N4O4/c35-28-24-10-4-5-11-26(24)38-30(37)27(28)25(21-8-2-1-3-9-21)20-23(14-19-34-17-6-7-18-34)32-33-29(36)22-12-15-31-16-13-22/h1-5,8-13,15-16,25,35H,6-7,14,17-20H2,(H,33,36)/b32-23+. The molecule has 1 aliphatic heterocycles. The molecule has 1 unspecified atom stereocenters. The molecule has 0 radical (unpaired) electrons. The minimum Gasteiger partial charge on any atom is -0.507 e. The Bertz CT molecular complexity index is 1480. The molecule has 2 aromatic carbocycles. The van der Waals surface area contributed by atoms with Gasteiger partial charge in [-0.3, -0.25) is 9.78 Å². The third-order valence-corrected chi connectivity index (χ3v) is 6.98. The number of carbonyl (C=O) groups is 1. The number of benzene rings is 2. The van der Waals surface area contributed by atoms with Crippen molar-refractivity contribution in [2.24, 2.45) is 5.10 Å². The minimum atomic E-state index is -0.588. The summed E-state index contributed by atoms with van der Waals surface area (Å²) in [6.45, 7) is 2.87. The Morgan fingerprint density at radius 2 is 1.74 bits per heavy atom. The van der Waals surface area contributed by atoms with Crippen LogP contribution in [0.2, 0.25) is 0 Å². The van der Waals surface area contributed by atoms with Crippen LogP contribution in [0, 0.1) is 0 Å². The Labute approximate surface area is 220 Å². The molecule has 1 aliphatic rings. The summed E-state index contributed by atoms with van der Waals surface area (Å²) in [5.74, 6) is -0.951. The summed E-state index contributed by atoms with van der Waals surface area (Å²) in [7, 11) is 0. The second-order valence-corrected chi connectivity index (χ2v) is 9.47. The lowest BCUT2D eigenvalue weighted by atomic mass is 9.86. The first kappa shape index (κ1) is 25.4. The Balaban J connectivity index is 1.51. The number of amides is 1. The van der Waals surface area contributed by atoms with E-state index in [9.17, 15) is 14.7 Å². The first-order valence-corrected chi connectivity index (χ1v) is 12.9. The highest BCUT2D eigenvalue weighted by Gasteiger charge is 2.27. The van der Waals surface area contributed by atoms with Crippen LogP contribution in [0.5, 0.6) is 5.75 Å². The summed E-state index contributed by atoms with van der Waals surface area (Å²) in [4.78, 5) is 32.3. The van der Waals surface area contributed by atoms with Gasteiger partial charge < -0.3 is 14.4 Å². The van der Waals surface area contributed by atoms with Crippen LogP contribution >= 0.6 is 0 Å². The predicted molar refractivity (Wildman–Crippen MR) is 146 cm³/mol. The number of aromatic nitrogens is 1. The first-order valence-electron chi connectivity index (χ1n) is 12.9. The average molecular weight is 511 g/mol. The fourth-order valence-electron chi connectivity index (χ4n) is 4.96. The van der Waals surface area contributed by atoms with Crippen LogP contribution in [-0.4, -0.2) is 46.2 Å². The molecule has 4 aromatic rings. The fraction of sp³-hybridized carbons (Fsp3) is 0.267. The molecule has 0 spiro atoms. The van der Waals surface area contributed by atoms with E-state index in [4.69, 9.17) is 4.42 Å². The number of aromatic hydroxyl groups is 1. The molecule has 5 rings (SSSR count). The molecule has 38 heavy (non-hydrogen) atoms. The van der Waals surface area contributed by atoms with Crippen molar-refractivity contribution < 1.29 is 14.3 Å². The molecule has 8 heteroatoms. The van der Waals surface area contributed by atoms with Crippen LogP contribution in [-0.2, 0) is 0 Å². The predicted octanol–water partition coefficient (Wildman–Crippen LogP) is 4.69. The highest BCUT2D eigenvalue weighted by atomic mass is 16.4. The normalized spacial score (nSPS) is 15.0. The number of hydrazone groups is 1. The molecule has 0 bridgehead atoms. The van der Waals surface area contributed by atoms with Gasteiger partial charge in [0.05, 0.1) is 10.9 Å². The second kappa shape index (κ2) is 11.8. The summed E-state index contributed by atoms with van der Waals surface area (Å²) in [6, 6.07) is 19.7. The van der Waals surface area contributed by atoms with E-state index < -0.39 is 11.5 Å². The van der Waals surface area contributed by atoms with Gasteiger partial charge in [-0.1, -0.05) is 42.5 Å². The van der Waals surface area contributed by atoms with E-state index >= 15 is 0 Å². The fourth-order valence-corrected chi connectivity index (χ4v) is 4.96. The van der Waals surface area contributed by atoms with Gasteiger partial charge in [-0.2, -0.15) is 5.10 Å². The Kier molecular flexibility index (Phi) is 7.89. The minimum absolute atomic E-state index is 0.0922. The number of likely N-dealkylation sites (tertiary alicyclic amines) is 1.